The van der Waals surface area contributed by atoms with Crippen LogP contribution in [-0.4, -0.2) is 25.8 Å². The Morgan fingerprint density at radius 2 is 2.24 bits per heavy atom. The Kier molecular flexibility index (Phi) is 5.53. The average Bonchev–Trinajstić information content (AvgIpc) is 2.36. The second-order valence-electron chi connectivity index (χ2n) is 3.43. The topological polar surface area (TPSA) is 64.9 Å². The van der Waals surface area contributed by atoms with E-state index in [9.17, 15) is 4.79 Å². The zero-order chi connectivity index (χ0) is 12.7. The molecule has 0 atom stereocenters. The van der Waals surface area contributed by atoms with Gasteiger partial charge in [0.15, 0.2) is 0 Å². The molecule has 0 radical (unpaired) electrons. The highest BCUT2D eigenvalue weighted by atomic mass is 32.2. The molecule has 0 aromatic heterocycles. The third-order valence-corrected chi connectivity index (χ3v) is 3.26. The molecule has 1 rings (SSSR count). The summed E-state index contributed by atoms with van der Waals surface area (Å²) >= 11 is 1.38. The molecule has 0 heterocycles. The summed E-state index contributed by atoms with van der Waals surface area (Å²) in [6.07, 6.45) is 0. The number of rotatable bonds is 5. The van der Waals surface area contributed by atoms with Crippen molar-refractivity contribution in [1.82, 2.24) is 10.6 Å². The van der Waals surface area contributed by atoms with Gasteiger partial charge in [-0.2, -0.15) is 5.26 Å². The van der Waals surface area contributed by atoms with E-state index < -0.39 is 0 Å². The van der Waals surface area contributed by atoms with E-state index in [1.807, 2.05) is 25.2 Å². The first-order valence-corrected chi connectivity index (χ1v) is 6.20. The van der Waals surface area contributed by atoms with Gasteiger partial charge >= 0.3 is 0 Å². The number of nitriles is 1. The number of carbonyl (C=O) groups is 1. The number of hydrogen-bond donors (Lipinski definition) is 2. The second kappa shape index (κ2) is 6.94. The molecule has 0 unspecified atom stereocenters. The zero-order valence-corrected chi connectivity index (χ0v) is 10.7. The van der Waals surface area contributed by atoms with Crippen molar-refractivity contribution < 1.29 is 4.79 Å². The summed E-state index contributed by atoms with van der Waals surface area (Å²) in [6.45, 7) is 0.731. The van der Waals surface area contributed by atoms with E-state index in [0.29, 0.717) is 11.3 Å². The van der Waals surface area contributed by atoms with Crippen LogP contribution in [0.4, 0.5) is 0 Å². The van der Waals surface area contributed by atoms with E-state index in [2.05, 4.69) is 16.7 Å². The Morgan fingerprint density at radius 3 is 2.82 bits per heavy atom. The fourth-order valence-corrected chi connectivity index (χ4v) is 2.18. The fourth-order valence-electron chi connectivity index (χ4n) is 1.32. The summed E-state index contributed by atoms with van der Waals surface area (Å²) in [6, 6.07) is 7.86. The van der Waals surface area contributed by atoms with Crippen molar-refractivity contribution in [3.05, 3.63) is 29.3 Å². The molecule has 0 saturated heterocycles. The molecule has 5 heteroatoms. The van der Waals surface area contributed by atoms with Gasteiger partial charge in [0.05, 0.1) is 11.3 Å². The smallest absolute Gasteiger partial charge is 0.230 e. The lowest BCUT2D eigenvalue weighted by molar-refractivity contribution is -0.118. The third kappa shape index (κ3) is 4.10. The van der Waals surface area contributed by atoms with Gasteiger partial charge in [-0.15, -0.1) is 11.8 Å². The Bertz CT molecular complexity index is 440. The fraction of sp³-hybridized carbons (Fsp3) is 0.333. The average molecular weight is 249 g/mol. The Labute approximate surface area is 105 Å². The number of benzene rings is 1. The van der Waals surface area contributed by atoms with Gasteiger partial charge in [-0.3, -0.25) is 4.79 Å². The highest BCUT2D eigenvalue weighted by Crippen LogP contribution is 2.23. The van der Waals surface area contributed by atoms with Crippen molar-refractivity contribution in [1.29, 1.82) is 5.26 Å². The van der Waals surface area contributed by atoms with Crippen LogP contribution in [0.15, 0.2) is 23.1 Å². The Morgan fingerprint density at radius 1 is 1.47 bits per heavy atom. The minimum Gasteiger partial charge on any atom is -0.358 e. The van der Waals surface area contributed by atoms with E-state index in [-0.39, 0.29) is 5.91 Å². The van der Waals surface area contributed by atoms with Crippen LogP contribution in [-0.2, 0) is 11.3 Å². The predicted molar refractivity (Wildman–Crippen MR) is 68.7 cm³/mol. The maximum absolute atomic E-state index is 11.1. The maximum atomic E-state index is 11.1. The van der Waals surface area contributed by atoms with Crippen LogP contribution in [0.25, 0.3) is 0 Å². The standard InChI is InChI=1S/C12H15N3OS/c1-14-7-9-3-4-11(10(5-9)6-13)17-8-12(16)15-2/h3-5,14H,7-8H2,1-2H3,(H,15,16). The summed E-state index contributed by atoms with van der Waals surface area (Å²) in [5, 5.41) is 14.6. The van der Waals surface area contributed by atoms with E-state index >= 15 is 0 Å². The zero-order valence-electron chi connectivity index (χ0n) is 9.91. The molecular weight excluding hydrogens is 234 g/mol. The highest BCUT2D eigenvalue weighted by Gasteiger charge is 2.06. The van der Waals surface area contributed by atoms with Crippen LogP contribution >= 0.6 is 11.8 Å². The Balaban J connectivity index is 2.79. The van der Waals surface area contributed by atoms with E-state index in [4.69, 9.17) is 5.26 Å². The van der Waals surface area contributed by atoms with Gasteiger partial charge in [0.2, 0.25) is 5.91 Å². The number of hydrogen-bond acceptors (Lipinski definition) is 4. The summed E-state index contributed by atoms with van der Waals surface area (Å²) < 4.78 is 0. The lowest BCUT2D eigenvalue weighted by Gasteiger charge is -2.06. The molecule has 0 saturated carbocycles. The molecule has 1 amide bonds. The molecule has 1 aromatic carbocycles. The largest absolute Gasteiger partial charge is 0.358 e. The number of thioether (sulfide) groups is 1. The van der Waals surface area contributed by atoms with Gasteiger partial charge in [-0.05, 0) is 24.7 Å². The molecule has 0 aliphatic rings. The van der Waals surface area contributed by atoms with Crippen LogP contribution in [0.1, 0.15) is 11.1 Å². The van der Waals surface area contributed by atoms with Crippen molar-refractivity contribution in [3.63, 3.8) is 0 Å². The van der Waals surface area contributed by atoms with E-state index in [1.54, 1.807) is 7.05 Å². The second-order valence-corrected chi connectivity index (χ2v) is 4.45. The normalized spacial score (nSPS) is 9.71. The summed E-state index contributed by atoms with van der Waals surface area (Å²) in [4.78, 5) is 12.0. The van der Waals surface area contributed by atoms with Crippen molar-refractivity contribution >= 4 is 17.7 Å². The van der Waals surface area contributed by atoms with Gasteiger partial charge in [-0.1, -0.05) is 6.07 Å². The number of amides is 1. The number of carbonyl (C=O) groups excluding carboxylic acids is 1. The van der Waals surface area contributed by atoms with Gasteiger partial charge in [0, 0.05) is 18.5 Å². The quantitative estimate of drug-likeness (QED) is 0.767. The van der Waals surface area contributed by atoms with Crippen molar-refractivity contribution in [2.24, 2.45) is 0 Å². The van der Waals surface area contributed by atoms with Crippen molar-refractivity contribution in [3.8, 4) is 6.07 Å². The maximum Gasteiger partial charge on any atom is 0.230 e. The molecule has 90 valence electrons. The minimum atomic E-state index is -0.0433. The lowest BCUT2D eigenvalue weighted by atomic mass is 10.1. The van der Waals surface area contributed by atoms with Crippen LogP contribution in [0, 0.1) is 11.3 Å². The molecule has 4 nitrogen and oxygen atoms in total. The molecule has 2 N–H and O–H groups in total. The SMILES string of the molecule is CNCc1ccc(SCC(=O)NC)c(C#N)c1. The first kappa shape index (κ1) is 13.6. The monoisotopic (exact) mass is 249 g/mol. The Hall–Kier alpha value is -1.51. The molecule has 1 aromatic rings. The molecule has 0 fully saturated rings. The van der Waals surface area contributed by atoms with Gasteiger partial charge < -0.3 is 10.6 Å². The lowest BCUT2D eigenvalue weighted by Crippen LogP contribution is -2.19. The van der Waals surface area contributed by atoms with Gasteiger partial charge in [-0.25, -0.2) is 0 Å². The van der Waals surface area contributed by atoms with Crippen LogP contribution in [0.2, 0.25) is 0 Å². The van der Waals surface area contributed by atoms with E-state index in [1.165, 1.54) is 11.8 Å². The van der Waals surface area contributed by atoms with Crippen molar-refractivity contribution in [2.75, 3.05) is 19.8 Å². The van der Waals surface area contributed by atoms with Crippen LogP contribution in [0.5, 0.6) is 0 Å². The predicted octanol–water partition coefficient (Wildman–Crippen LogP) is 1.12. The highest BCUT2D eigenvalue weighted by molar-refractivity contribution is 8.00. The van der Waals surface area contributed by atoms with Crippen LogP contribution < -0.4 is 10.6 Å². The molecule has 17 heavy (non-hydrogen) atoms. The number of nitrogens with zero attached hydrogens (tertiary/aromatic N) is 1. The molecule has 0 spiro atoms. The molecular formula is C12H15N3OS. The summed E-state index contributed by atoms with van der Waals surface area (Å²) in [5.41, 5.74) is 1.68. The van der Waals surface area contributed by atoms with Crippen LogP contribution in [0.3, 0.4) is 0 Å². The first-order chi connectivity index (χ1) is 8.21. The minimum absolute atomic E-state index is 0.0433. The first-order valence-electron chi connectivity index (χ1n) is 5.22. The number of nitrogens with one attached hydrogen (secondary N) is 2. The summed E-state index contributed by atoms with van der Waals surface area (Å²) in [5.74, 6) is 0.287. The van der Waals surface area contributed by atoms with Gasteiger partial charge in [0.25, 0.3) is 0 Å². The van der Waals surface area contributed by atoms with Gasteiger partial charge in [0.1, 0.15) is 6.07 Å². The molecule has 0 aliphatic heterocycles. The molecule has 0 bridgehead atoms. The third-order valence-electron chi connectivity index (χ3n) is 2.18. The summed E-state index contributed by atoms with van der Waals surface area (Å²) in [7, 11) is 3.46. The molecule has 0 aliphatic carbocycles. The van der Waals surface area contributed by atoms with Crippen molar-refractivity contribution in [2.45, 2.75) is 11.4 Å². The van der Waals surface area contributed by atoms with E-state index in [0.717, 1.165) is 17.0 Å².